The average molecular weight is 262 g/mol. The maximum Gasteiger partial charge on any atom is 0.354 e. The number of carbonyl (C=O) groups excluding carboxylic acids is 1. The molecule has 19 heavy (non-hydrogen) atoms. The van der Waals surface area contributed by atoms with Crippen LogP contribution in [0.25, 0.3) is 0 Å². The highest BCUT2D eigenvalue weighted by atomic mass is 16.4. The molecule has 102 valence electrons. The Morgan fingerprint density at radius 2 is 2.11 bits per heavy atom. The minimum atomic E-state index is -1.10. The first-order valence-electron chi connectivity index (χ1n) is 6.64. The number of carboxylic acids is 1. The van der Waals surface area contributed by atoms with E-state index < -0.39 is 5.97 Å². The van der Waals surface area contributed by atoms with Crippen LogP contribution in [-0.2, 0) is 4.79 Å². The van der Waals surface area contributed by atoms with Gasteiger partial charge in [-0.25, -0.2) is 9.78 Å². The molecule has 0 atom stereocenters. The van der Waals surface area contributed by atoms with E-state index in [1.165, 1.54) is 37.9 Å². The Hall–Kier alpha value is -1.91. The van der Waals surface area contributed by atoms with Crippen LogP contribution < -0.4 is 5.32 Å². The van der Waals surface area contributed by atoms with Gasteiger partial charge in [0.15, 0.2) is 0 Å². The van der Waals surface area contributed by atoms with Gasteiger partial charge in [0.1, 0.15) is 5.69 Å². The summed E-state index contributed by atoms with van der Waals surface area (Å²) in [5, 5.41) is 11.5. The van der Waals surface area contributed by atoms with E-state index in [0.717, 1.165) is 6.42 Å². The van der Waals surface area contributed by atoms with Gasteiger partial charge in [0.05, 0.1) is 0 Å². The van der Waals surface area contributed by atoms with Crippen LogP contribution in [0.5, 0.6) is 0 Å². The van der Waals surface area contributed by atoms with Crippen molar-refractivity contribution in [1.82, 2.24) is 4.98 Å². The molecule has 1 saturated carbocycles. The van der Waals surface area contributed by atoms with Crippen molar-refractivity contribution < 1.29 is 14.7 Å². The number of pyridine rings is 1. The molecule has 2 rings (SSSR count). The molecule has 1 amide bonds. The van der Waals surface area contributed by atoms with E-state index in [9.17, 15) is 9.59 Å². The minimum absolute atomic E-state index is 0.0607. The van der Waals surface area contributed by atoms with Crippen LogP contribution in [0.2, 0.25) is 0 Å². The number of aromatic carboxylic acids is 1. The maximum absolute atomic E-state index is 11.8. The average Bonchev–Trinajstić information content (AvgIpc) is 2.90. The fraction of sp³-hybridized carbons (Fsp3) is 0.500. The second-order valence-corrected chi connectivity index (χ2v) is 4.97. The first-order chi connectivity index (χ1) is 9.15. The van der Waals surface area contributed by atoms with Crippen molar-refractivity contribution in [2.45, 2.75) is 38.5 Å². The lowest BCUT2D eigenvalue weighted by atomic mass is 10.0. The summed E-state index contributed by atoms with van der Waals surface area (Å²) in [6.07, 6.45) is 7.81. The van der Waals surface area contributed by atoms with Gasteiger partial charge in [-0.1, -0.05) is 25.7 Å². The van der Waals surface area contributed by atoms with Gasteiger partial charge in [0.25, 0.3) is 0 Å². The van der Waals surface area contributed by atoms with Gasteiger partial charge in [0.2, 0.25) is 5.91 Å². The molecular weight excluding hydrogens is 244 g/mol. The normalized spacial score (nSPS) is 15.4. The van der Waals surface area contributed by atoms with Gasteiger partial charge < -0.3 is 10.4 Å². The number of amides is 1. The number of hydrogen-bond donors (Lipinski definition) is 2. The molecule has 0 aliphatic heterocycles. The molecule has 0 unspecified atom stereocenters. The molecule has 2 N–H and O–H groups in total. The Morgan fingerprint density at radius 1 is 1.37 bits per heavy atom. The standard InChI is InChI=1S/C14H18N2O3/c17-13(6-5-10-3-1-2-4-10)16-11-7-8-15-12(9-11)14(18)19/h7-10H,1-6H2,(H,18,19)(H,15,16,17). The zero-order valence-corrected chi connectivity index (χ0v) is 10.8. The smallest absolute Gasteiger partial charge is 0.354 e. The molecule has 0 spiro atoms. The van der Waals surface area contributed by atoms with E-state index in [1.54, 1.807) is 6.07 Å². The Balaban J connectivity index is 1.84. The molecule has 1 heterocycles. The third-order valence-electron chi connectivity index (χ3n) is 3.52. The van der Waals surface area contributed by atoms with Crippen LogP contribution in [0.1, 0.15) is 49.0 Å². The zero-order valence-electron chi connectivity index (χ0n) is 10.8. The summed E-state index contributed by atoms with van der Waals surface area (Å²) >= 11 is 0. The highest BCUT2D eigenvalue weighted by Crippen LogP contribution is 2.28. The number of carboxylic acid groups (broad SMARTS) is 1. The largest absolute Gasteiger partial charge is 0.477 e. The summed E-state index contributed by atoms with van der Waals surface area (Å²) in [5.74, 6) is -0.478. The van der Waals surface area contributed by atoms with Crippen LogP contribution in [0.15, 0.2) is 18.3 Å². The number of carbonyl (C=O) groups is 2. The summed E-state index contributed by atoms with van der Waals surface area (Å²) < 4.78 is 0. The summed E-state index contributed by atoms with van der Waals surface area (Å²) in [5.41, 5.74) is 0.428. The lowest BCUT2D eigenvalue weighted by Gasteiger charge is -2.09. The predicted octanol–water partition coefficient (Wildman–Crippen LogP) is 2.69. The van der Waals surface area contributed by atoms with Crippen LogP contribution in [0.3, 0.4) is 0 Å². The van der Waals surface area contributed by atoms with Crippen molar-refractivity contribution in [3.63, 3.8) is 0 Å². The van der Waals surface area contributed by atoms with E-state index in [4.69, 9.17) is 5.11 Å². The summed E-state index contributed by atoms with van der Waals surface area (Å²) in [6, 6.07) is 2.97. The van der Waals surface area contributed by atoms with Crippen LogP contribution in [0, 0.1) is 5.92 Å². The third-order valence-corrected chi connectivity index (χ3v) is 3.52. The highest BCUT2D eigenvalue weighted by Gasteiger charge is 2.16. The Bertz CT molecular complexity index is 468. The Kier molecular flexibility index (Phi) is 4.49. The molecule has 0 bridgehead atoms. The lowest BCUT2D eigenvalue weighted by molar-refractivity contribution is -0.116. The first kappa shape index (κ1) is 13.5. The predicted molar refractivity (Wildman–Crippen MR) is 71.0 cm³/mol. The number of nitrogens with one attached hydrogen (secondary N) is 1. The molecule has 0 saturated heterocycles. The number of anilines is 1. The van der Waals surface area contributed by atoms with E-state index >= 15 is 0 Å². The summed E-state index contributed by atoms with van der Waals surface area (Å²) in [6.45, 7) is 0. The fourth-order valence-electron chi connectivity index (χ4n) is 2.48. The van der Waals surface area contributed by atoms with Crippen molar-refractivity contribution in [3.05, 3.63) is 24.0 Å². The monoisotopic (exact) mass is 262 g/mol. The van der Waals surface area contributed by atoms with Crippen molar-refractivity contribution in [1.29, 1.82) is 0 Å². The number of hydrogen-bond acceptors (Lipinski definition) is 3. The van der Waals surface area contributed by atoms with Gasteiger partial charge in [-0.2, -0.15) is 0 Å². The molecule has 0 aromatic carbocycles. The second kappa shape index (κ2) is 6.31. The molecule has 5 nitrogen and oxygen atoms in total. The van der Waals surface area contributed by atoms with E-state index in [0.29, 0.717) is 18.0 Å². The Morgan fingerprint density at radius 3 is 2.79 bits per heavy atom. The van der Waals surface area contributed by atoms with Crippen molar-refractivity contribution in [3.8, 4) is 0 Å². The summed E-state index contributed by atoms with van der Waals surface area (Å²) in [4.78, 5) is 26.2. The molecule has 1 aliphatic rings. The van der Waals surface area contributed by atoms with Crippen LogP contribution in [-0.4, -0.2) is 22.0 Å². The number of aromatic nitrogens is 1. The zero-order chi connectivity index (χ0) is 13.7. The lowest BCUT2D eigenvalue weighted by Crippen LogP contribution is -2.13. The van der Waals surface area contributed by atoms with E-state index in [2.05, 4.69) is 10.3 Å². The molecule has 1 aromatic rings. The van der Waals surface area contributed by atoms with Gasteiger partial charge in [0, 0.05) is 18.3 Å². The second-order valence-electron chi connectivity index (χ2n) is 4.97. The molecule has 5 heteroatoms. The molecule has 1 fully saturated rings. The van der Waals surface area contributed by atoms with Gasteiger partial charge in [-0.3, -0.25) is 4.79 Å². The fourth-order valence-corrected chi connectivity index (χ4v) is 2.48. The number of nitrogens with zero attached hydrogens (tertiary/aromatic N) is 1. The molecule has 0 radical (unpaired) electrons. The summed E-state index contributed by atoms with van der Waals surface area (Å²) in [7, 11) is 0. The topological polar surface area (TPSA) is 79.3 Å². The van der Waals surface area contributed by atoms with Gasteiger partial charge in [-0.15, -0.1) is 0 Å². The SMILES string of the molecule is O=C(CCC1CCCC1)Nc1ccnc(C(=O)O)c1. The van der Waals surface area contributed by atoms with Crippen molar-refractivity contribution in [2.24, 2.45) is 5.92 Å². The minimum Gasteiger partial charge on any atom is -0.477 e. The highest BCUT2D eigenvalue weighted by molar-refractivity contribution is 5.92. The van der Waals surface area contributed by atoms with E-state index in [1.807, 2.05) is 0 Å². The van der Waals surface area contributed by atoms with Crippen LogP contribution >= 0.6 is 0 Å². The number of rotatable bonds is 5. The molecule has 1 aromatic heterocycles. The third kappa shape index (κ3) is 4.05. The quantitative estimate of drug-likeness (QED) is 0.855. The van der Waals surface area contributed by atoms with E-state index in [-0.39, 0.29) is 11.6 Å². The maximum atomic E-state index is 11.8. The van der Waals surface area contributed by atoms with Crippen LogP contribution in [0.4, 0.5) is 5.69 Å². The Labute approximate surface area is 112 Å². The van der Waals surface area contributed by atoms with Gasteiger partial charge in [-0.05, 0) is 24.5 Å². The van der Waals surface area contributed by atoms with Gasteiger partial charge >= 0.3 is 5.97 Å². The molecular formula is C14H18N2O3. The van der Waals surface area contributed by atoms with Crippen molar-refractivity contribution in [2.75, 3.05) is 5.32 Å². The molecule has 1 aliphatic carbocycles. The van der Waals surface area contributed by atoms with Crippen molar-refractivity contribution >= 4 is 17.6 Å². The first-order valence-corrected chi connectivity index (χ1v) is 6.64.